The van der Waals surface area contributed by atoms with Crippen molar-refractivity contribution in [2.24, 2.45) is 5.92 Å². The zero-order valence-corrected chi connectivity index (χ0v) is 23.3. The topological polar surface area (TPSA) is 92.1 Å². The fourth-order valence-electron chi connectivity index (χ4n) is 5.71. The highest BCUT2D eigenvalue weighted by Gasteiger charge is 2.41. The number of ether oxygens (including phenoxy) is 1. The maximum atomic E-state index is 13.5. The number of nitrogens with zero attached hydrogens (tertiary/aromatic N) is 2. The summed E-state index contributed by atoms with van der Waals surface area (Å²) in [6, 6.07) is 26.6. The lowest BCUT2D eigenvalue weighted by Crippen LogP contribution is -2.39. The van der Waals surface area contributed by atoms with Gasteiger partial charge < -0.3 is 24.3 Å². The molecular formula is C34H33N3O5. The Balaban J connectivity index is 1.19. The number of amides is 3. The molecule has 3 aromatic carbocycles. The van der Waals surface area contributed by atoms with Crippen molar-refractivity contribution in [3.05, 3.63) is 108 Å². The highest BCUT2D eigenvalue weighted by Crippen LogP contribution is 2.36. The molecule has 8 heteroatoms. The van der Waals surface area contributed by atoms with Gasteiger partial charge in [-0.25, -0.2) is 0 Å². The third kappa shape index (κ3) is 6.07. The van der Waals surface area contributed by atoms with E-state index in [0.29, 0.717) is 50.5 Å². The average Bonchev–Trinajstić information content (AvgIpc) is 3.66. The number of fused-ring (bicyclic) bond motifs is 5. The molecule has 0 unspecified atom stereocenters. The lowest BCUT2D eigenvalue weighted by atomic mass is 9.88. The van der Waals surface area contributed by atoms with Gasteiger partial charge in [-0.3, -0.25) is 14.4 Å². The Morgan fingerprint density at radius 2 is 1.67 bits per heavy atom. The number of likely N-dealkylation sites (tertiary alicyclic amines) is 1. The van der Waals surface area contributed by atoms with Crippen molar-refractivity contribution in [3.63, 3.8) is 0 Å². The molecule has 0 radical (unpaired) electrons. The quantitative estimate of drug-likeness (QED) is 0.364. The second kappa shape index (κ2) is 12.3. The van der Waals surface area contributed by atoms with Gasteiger partial charge in [0.2, 0.25) is 11.8 Å². The smallest absolute Gasteiger partial charge is 0.289 e. The fraction of sp³-hybridized carbons (Fsp3) is 0.265. The molecule has 3 heterocycles. The van der Waals surface area contributed by atoms with E-state index in [2.05, 4.69) is 5.32 Å². The minimum absolute atomic E-state index is 0.106. The van der Waals surface area contributed by atoms with Crippen molar-refractivity contribution in [3.8, 4) is 5.75 Å². The van der Waals surface area contributed by atoms with Crippen molar-refractivity contribution in [2.45, 2.75) is 12.3 Å². The Kier molecular flexibility index (Phi) is 8.03. The number of carbonyl (C=O) groups is 3. The van der Waals surface area contributed by atoms with Crippen LogP contribution in [0.5, 0.6) is 5.75 Å². The standard InChI is InChI=1S/C34H33N3O5/c38-32(15-14-24-8-2-1-3-9-24)36-17-7-16-35-33(39)29-23-37(34(40)31-21-26-10-4-5-13-30(26)42-31)22-28(29)25-11-6-12-27(20-25)41-19-18-36/h1-6,8-15,20-21,28-29H,7,16-19,22-23H2,(H,35,39)/t28-,29+/m1/s1. The van der Waals surface area contributed by atoms with Crippen molar-refractivity contribution in [1.82, 2.24) is 15.1 Å². The highest BCUT2D eigenvalue weighted by atomic mass is 16.5. The van der Waals surface area contributed by atoms with Gasteiger partial charge in [0.25, 0.3) is 5.91 Å². The van der Waals surface area contributed by atoms with Crippen LogP contribution in [-0.4, -0.2) is 66.9 Å². The Bertz CT molecular complexity index is 1580. The SMILES string of the molecule is O=C1NCCCN(C(=O)C=Cc2ccccc2)CCOc2cccc(c2)[C@H]2CN(C(=O)c3cc4ccccc4o3)C[C@H]12. The molecule has 0 spiro atoms. The largest absolute Gasteiger partial charge is 0.492 e. The number of nitrogens with one attached hydrogen (secondary N) is 1. The van der Waals surface area contributed by atoms with Crippen molar-refractivity contribution < 1.29 is 23.5 Å². The maximum Gasteiger partial charge on any atom is 0.289 e. The molecule has 1 saturated heterocycles. The van der Waals surface area contributed by atoms with E-state index < -0.39 is 5.92 Å². The van der Waals surface area contributed by atoms with E-state index in [-0.39, 0.29) is 35.9 Å². The molecule has 1 N–H and O–H groups in total. The van der Waals surface area contributed by atoms with E-state index in [1.807, 2.05) is 78.9 Å². The van der Waals surface area contributed by atoms with E-state index in [9.17, 15) is 14.4 Å². The molecule has 2 atom stereocenters. The van der Waals surface area contributed by atoms with Gasteiger partial charge >= 0.3 is 0 Å². The summed E-state index contributed by atoms with van der Waals surface area (Å²) in [6.45, 7) is 2.34. The summed E-state index contributed by atoms with van der Waals surface area (Å²) in [5, 5.41) is 3.93. The van der Waals surface area contributed by atoms with Gasteiger partial charge in [-0.05, 0) is 47.9 Å². The van der Waals surface area contributed by atoms with E-state index >= 15 is 0 Å². The number of para-hydroxylation sites is 1. The van der Waals surface area contributed by atoms with Crippen LogP contribution in [0.3, 0.4) is 0 Å². The van der Waals surface area contributed by atoms with Crippen LogP contribution in [0.1, 0.15) is 34.0 Å². The van der Waals surface area contributed by atoms with Crippen LogP contribution < -0.4 is 10.1 Å². The molecule has 42 heavy (non-hydrogen) atoms. The second-order valence-electron chi connectivity index (χ2n) is 10.7. The molecule has 0 aliphatic carbocycles. The first kappa shape index (κ1) is 27.3. The summed E-state index contributed by atoms with van der Waals surface area (Å²) in [6.07, 6.45) is 3.98. The van der Waals surface area contributed by atoms with Crippen molar-refractivity contribution in [2.75, 3.05) is 39.3 Å². The predicted octanol–water partition coefficient (Wildman–Crippen LogP) is 4.73. The molecule has 6 rings (SSSR count). The summed E-state index contributed by atoms with van der Waals surface area (Å²) < 4.78 is 11.9. The van der Waals surface area contributed by atoms with E-state index in [1.54, 1.807) is 28.0 Å². The van der Waals surface area contributed by atoms with Gasteiger partial charge in [0.05, 0.1) is 12.5 Å². The second-order valence-corrected chi connectivity index (χ2v) is 10.7. The number of benzene rings is 3. The monoisotopic (exact) mass is 563 g/mol. The van der Waals surface area contributed by atoms with E-state index in [0.717, 1.165) is 16.5 Å². The summed E-state index contributed by atoms with van der Waals surface area (Å²) >= 11 is 0. The number of furan rings is 1. The zero-order chi connectivity index (χ0) is 28.9. The molecule has 2 aliphatic rings. The van der Waals surface area contributed by atoms with E-state index in [1.165, 1.54) is 0 Å². The minimum atomic E-state index is -0.428. The zero-order valence-electron chi connectivity index (χ0n) is 23.3. The van der Waals surface area contributed by atoms with Crippen LogP contribution in [0.15, 0.2) is 95.4 Å². The summed E-state index contributed by atoms with van der Waals surface area (Å²) in [7, 11) is 0. The Labute approximate surface area is 244 Å². The molecule has 3 amide bonds. The first-order chi connectivity index (χ1) is 20.5. The van der Waals surface area contributed by atoms with Crippen LogP contribution >= 0.6 is 0 Å². The van der Waals surface area contributed by atoms with Crippen LogP contribution in [-0.2, 0) is 9.59 Å². The van der Waals surface area contributed by atoms with Gasteiger partial charge in [0.15, 0.2) is 5.76 Å². The predicted molar refractivity (Wildman–Crippen MR) is 160 cm³/mol. The molecule has 2 bridgehead atoms. The number of hydrogen-bond acceptors (Lipinski definition) is 5. The van der Waals surface area contributed by atoms with Gasteiger partial charge in [0, 0.05) is 43.6 Å². The summed E-state index contributed by atoms with van der Waals surface area (Å²) in [5.41, 5.74) is 2.54. The first-order valence-electron chi connectivity index (χ1n) is 14.4. The number of carbonyl (C=O) groups excluding carboxylic acids is 3. The number of rotatable bonds is 3. The van der Waals surface area contributed by atoms with Crippen molar-refractivity contribution >= 4 is 34.8 Å². The average molecular weight is 564 g/mol. The highest BCUT2D eigenvalue weighted by molar-refractivity contribution is 5.97. The molecule has 8 nitrogen and oxygen atoms in total. The lowest BCUT2D eigenvalue weighted by Gasteiger charge is -2.24. The van der Waals surface area contributed by atoms with Crippen molar-refractivity contribution in [1.29, 1.82) is 0 Å². The summed E-state index contributed by atoms with van der Waals surface area (Å²) in [4.78, 5) is 43.4. The Hall–Kier alpha value is -4.85. The third-order valence-electron chi connectivity index (χ3n) is 7.93. The Morgan fingerprint density at radius 3 is 2.52 bits per heavy atom. The summed E-state index contributed by atoms with van der Waals surface area (Å²) in [5.74, 6) is -0.123. The molecule has 4 aromatic rings. The normalized spacial score (nSPS) is 19.7. The van der Waals surface area contributed by atoms with Crippen LogP contribution in [0.25, 0.3) is 17.0 Å². The van der Waals surface area contributed by atoms with E-state index in [4.69, 9.17) is 9.15 Å². The molecule has 0 saturated carbocycles. The first-order valence-corrected chi connectivity index (χ1v) is 14.4. The molecule has 2 aliphatic heterocycles. The fourth-order valence-corrected chi connectivity index (χ4v) is 5.71. The van der Waals surface area contributed by atoms with Crippen LogP contribution in [0.2, 0.25) is 0 Å². The Morgan fingerprint density at radius 1 is 0.857 bits per heavy atom. The molecular weight excluding hydrogens is 530 g/mol. The minimum Gasteiger partial charge on any atom is -0.492 e. The lowest BCUT2D eigenvalue weighted by molar-refractivity contribution is -0.126. The molecule has 214 valence electrons. The van der Waals surface area contributed by atoms with Crippen LogP contribution in [0, 0.1) is 5.92 Å². The van der Waals surface area contributed by atoms with Gasteiger partial charge in [-0.15, -0.1) is 0 Å². The molecule has 1 fully saturated rings. The third-order valence-corrected chi connectivity index (χ3v) is 7.93. The van der Waals surface area contributed by atoms with Gasteiger partial charge in [0.1, 0.15) is 17.9 Å². The van der Waals surface area contributed by atoms with Crippen LogP contribution in [0.4, 0.5) is 0 Å². The van der Waals surface area contributed by atoms with Gasteiger partial charge in [-0.1, -0.05) is 60.7 Å². The number of hydrogen-bond donors (Lipinski definition) is 1. The molecule has 1 aromatic heterocycles. The van der Waals surface area contributed by atoms with Gasteiger partial charge in [-0.2, -0.15) is 0 Å². The maximum absolute atomic E-state index is 13.5.